The van der Waals surface area contributed by atoms with Crippen LogP contribution in [0.15, 0.2) is 79.0 Å². The van der Waals surface area contributed by atoms with E-state index in [9.17, 15) is 9.59 Å². The molecule has 2 aromatic heterocycles. The summed E-state index contributed by atoms with van der Waals surface area (Å²) in [6, 6.07) is 23.0. The monoisotopic (exact) mass is 452 g/mol. The van der Waals surface area contributed by atoms with Gasteiger partial charge in [-0.2, -0.15) is 0 Å². The second-order valence-electron chi connectivity index (χ2n) is 7.89. The van der Waals surface area contributed by atoms with E-state index < -0.39 is 5.97 Å². The van der Waals surface area contributed by atoms with Crippen molar-refractivity contribution in [3.63, 3.8) is 0 Å². The van der Waals surface area contributed by atoms with Gasteiger partial charge in [-0.15, -0.1) is 11.3 Å². The molecular weight excluding hydrogens is 432 g/mol. The number of carboxylic acid groups (broad SMARTS) is 1. The van der Waals surface area contributed by atoms with Gasteiger partial charge in [-0.1, -0.05) is 36.4 Å². The predicted molar refractivity (Wildman–Crippen MR) is 131 cm³/mol. The number of thiazole rings is 1. The molecule has 5 rings (SSSR count). The van der Waals surface area contributed by atoms with Crippen LogP contribution in [-0.4, -0.2) is 26.8 Å². The molecule has 5 aromatic rings. The lowest BCUT2D eigenvalue weighted by atomic mass is 10.0. The number of ketones is 1. The van der Waals surface area contributed by atoms with Crippen LogP contribution < -0.4 is 0 Å². The number of nitrogens with zero attached hydrogens (tertiary/aromatic N) is 2. The molecule has 0 aliphatic heterocycles. The molecule has 0 aliphatic rings. The Morgan fingerprint density at radius 2 is 1.79 bits per heavy atom. The molecule has 0 atom stereocenters. The van der Waals surface area contributed by atoms with Crippen LogP contribution in [-0.2, 0) is 17.6 Å². The molecule has 0 bridgehead atoms. The quantitative estimate of drug-likeness (QED) is 0.330. The topological polar surface area (TPSA) is 80.2 Å². The molecule has 5 nitrogen and oxygen atoms in total. The molecule has 0 aliphatic carbocycles. The highest BCUT2D eigenvalue weighted by molar-refractivity contribution is 7.18. The predicted octanol–water partition coefficient (Wildman–Crippen LogP) is 5.95. The number of Topliss-reactive ketones (excluding diaryl/α,β-unsaturated/α-hetero) is 1. The average Bonchev–Trinajstić information content (AvgIpc) is 3.24. The van der Waals surface area contributed by atoms with E-state index in [4.69, 9.17) is 5.11 Å². The maximum atomic E-state index is 12.6. The molecular formula is C27H20N2O3S. The molecule has 1 N–H and O–H groups in total. The van der Waals surface area contributed by atoms with Gasteiger partial charge in [0.1, 0.15) is 10.8 Å². The lowest BCUT2D eigenvalue weighted by Gasteiger charge is -2.06. The highest BCUT2D eigenvalue weighted by Crippen LogP contribution is 2.32. The van der Waals surface area contributed by atoms with Crippen molar-refractivity contribution in [2.45, 2.75) is 19.3 Å². The summed E-state index contributed by atoms with van der Waals surface area (Å²) >= 11 is 1.54. The van der Waals surface area contributed by atoms with Crippen molar-refractivity contribution in [3.8, 4) is 11.1 Å². The van der Waals surface area contributed by atoms with Crippen molar-refractivity contribution < 1.29 is 14.7 Å². The van der Waals surface area contributed by atoms with Crippen molar-refractivity contribution in [1.82, 2.24) is 9.97 Å². The number of aromatic carboxylic acids is 1. The van der Waals surface area contributed by atoms with Crippen LogP contribution in [0.4, 0.5) is 0 Å². The Balaban J connectivity index is 1.32. The number of fused-ring (bicyclic) bond motifs is 2. The Labute approximate surface area is 194 Å². The zero-order valence-corrected chi connectivity index (χ0v) is 18.5. The summed E-state index contributed by atoms with van der Waals surface area (Å²) in [5, 5.41) is 11.0. The number of rotatable bonds is 7. The number of pyridine rings is 1. The van der Waals surface area contributed by atoms with Gasteiger partial charge < -0.3 is 5.11 Å². The summed E-state index contributed by atoms with van der Waals surface area (Å²) in [6.07, 6.45) is 2.95. The lowest BCUT2D eigenvalue weighted by Crippen LogP contribution is -2.05. The lowest BCUT2D eigenvalue weighted by molar-refractivity contribution is -0.118. The van der Waals surface area contributed by atoms with E-state index in [1.165, 1.54) is 0 Å². The summed E-state index contributed by atoms with van der Waals surface area (Å²) in [5.74, 6) is -0.869. The van der Waals surface area contributed by atoms with Gasteiger partial charge in [0, 0.05) is 18.0 Å². The Hall–Kier alpha value is -3.90. The standard InChI is InChI=1S/C27H20N2O3S/c30-20(11-9-17-4-1-5-19(14-17)27(31)32)16-26-29-24-12-10-18(15-25(24)33-26)21-6-2-8-23-22(21)7-3-13-28-23/h1-8,10,12-15H,9,11,16H2,(H,31,32). The second-order valence-corrected chi connectivity index (χ2v) is 9.00. The van der Waals surface area contributed by atoms with Crippen LogP contribution in [0.5, 0.6) is 0 Å². The minimum Gasteiger partial charge on any atom is -0.478 e. The fraction of sp³-hybridized carbons (Fsp3) is 0.111. The Morgan fingerprint density at radius 3 is 2.67 bits per heavy atom. The van der Waals surface area contributed by atoms with E-state index in [0.717, 1.165) is 42.8 Å². The Bertz CT molecular complexity index is 1500. The summed E-state index contributed by atoms with van der Waals surface area (Å²) in [5.41, 5.74) is 5.15. The van der Waals surface area contributed by atoms with Gasteiger partial charge in [0.25, 0.3) is 0 Å². The van der Waals surface area contributed by atoms with Crippen molar-refractivity contribution in [1.29, 1.82) is 0 Å². The first-order valence-electron chi connectivity index (χ1n) is 10.6. The van der Waals surface area contributed by atoms with Crippen LogP contribution in [0.3, 0.4) is 0 Å². The molecule has 0 saturated heterocycles. The Kier molecular flexibility index (Phi) is 5.67. The van der Waals surface area contributed by atoms with Crippen LogP contribution in [0.25, 0.3) is 32.2 Å². The van der Waals surface area contributed by atoms with Crippen LogP contribution in [0.2, 0.25) is 0 Å². The average molecular weight is 453 g/mol. The summed E-state index contributed by atoms with van der Waals surface area (Å²) < 4.78 is 1.05. The molecule has 0 amide bonds. The molecule has 0 fully saturated rings. The third kappa shape index (κ3) is 4.52. The van der Waals surface area contributed by atoms with E-state index in [-0.39, 0.29) is 17.8 Å². The molecule has 33 heavy (non-hydrogen) atoms. The van der Waals surface area contributed by atoms with Crippen molar-refractivity contribution in [3.05, 3.63) is 95.1 Å². The van der Waals surface area contributed by atoms with E-state index in [1.807, 2.05) is 30.3 Å². The second kappa shape index (κ2) is 8.92. The van der Waals surface area contributed by atoms with Gasteiger partial charge in [-0.3, -0.25) is 9.78 Å². The minimum absolute atomic E-state index is 0.0927. The highest BCUT2D eigenvalue weighted by Gasteiger charge is 2.12. The van der Waals surface area contributed by atoms with E-state index in [2.05, 4.69) is 34.2 Å². The third-order valence-electron chi connectivity index (χ3n) is 5.60. The van der Waals surface area contributed by atoms with E-state index in [1.54, 1.807) is 35.7 Å². The molecule has 2 heterocycles. The van der Waals surface area contributed by atoms with Crippen molar-refractivity contribution >= 4 is 44.2 Å². The maximum Gasteiger partial charge on any atom is 0.335 e. The molecule has 3 aromatic carbocycles. The molecule has 162 valence electrons. The number of aryl methyl sites for hydroxylation is 1. The zero-order valence-electron chi connectivity index (χ0n) is 17.7. The van der Waals surface area contributed by atoms with Crippen molar-refractivity contribution in [2.75, 3.05) is 0 Å². The highest BCUT2D eigenvalue weighted by atomic mass is 32.1. The number of carbonyl (C=O) groups excluding carboxylic acids is 1. The number of carbonyl (C=O) groups is 2. The number of hydrogen-bond acceptors (Lipinski definition) is 5. The molecule has 0 unspecified atom stereocenters. The smallest absolute Gasteiger partial charge is 0.335 e. The maximum absolute atomic E-state index is 12.6. The van der Waals surface area contributed by atoms with Gasteiger partial charge in [-0.25, -0.2) is 9.78 Å². The van der Waals surface area contributed by atoms with E-state index >= 15 is 0 Å². The first kappa shape index (κ1) is 21.0. The number of benzene rings is 3. The van der Waals surface area contributed by atoms with Crippen LogP contribution >= 0.6 is 11.3 Å². The normalized spacial score (nSPS) is 11.2. The fourth-order valence-corrected chi connectivity index (χ4v) is 5.01. The zero-order chi connectivity index (χ0) is 22.8. The SMILES string of the molecule is O=C(CCc1cccc(C(=O)O)c1)Cc1nc2ccc(-c3cccc4ncccc34)cc2s1. The Morgan fingerprint density at radius 1 is 0.909 bits per heavy atom. The van der Waals surface area contributed by atoms with Crippen molar-refractivity contribution in [2.24, 2.45) is 0 Å². The largest absolute Gasteiger partial charge is 0.478 e. The molecule has 0 spiro atoms. The number of hydrogen-bond donors (Lipinski definition) is 1. The van der Waals surface area contributed by atoms with Crippen LogP contribution in [0, 0.1) is 0 Å². The molecule has 0 radical (unpaired) electrons. The minimum atomic E-state index is -0.961. The first-order chi connectivity index (χ1) is 16.1. The molecule has 0 saturated carbocycles. The number of aromatic nitrogens is 2. The van der Waals surface area contributed by atoms with Gasteiger partial charge in [0.15, 0.2) is 0 Å². The van der Waals surface area contributed by atoms with Gasteiger partial charge in [0.05, 0.1) is 27.7 Å². The van der Waals surface area contributed by atoms with Crippen LogP contribution in [0.1, 0.15) is 27.3 Å². The third-order valence-corrected chi connectivity index (χ3v) is 6.62. The first-order valence-corrected chi connectivity index (χ1v) is 11.5. The van der Waals surface area contributed by atoms with E-state index in [0.29, 0.717) is 12.8 Å². The van der Waals surface area contributed by atoms with Gasteiger partial charge >= 0.3 is 5.97 Å². The number of carboxylic acids is 1. The summed E-state index contributed by atoms with van der Waals surface area (Å²) in [4.78, 5) is 32.8. The molecule has 6 heteroatoms. The summed E-state index contributed by atoms with van der Waals surface area (Å²) in [7, 11) is 0. The summed E-state index contributed by atoms with van der Waals surface area (Å²) in [6.45, 7) is 0. The van der Waals surface area contributed by atoms with Gasteiger partial charge in [-0.05, 0) is 59.5 Å². The van der Waals surface area contributed by atoms with Gasteiger partial charge in [0.2, 0.25) is 0 Å². The fourth-order valence-electron chi connectivity index (χ4n) is 3.97.